The average molecular weight is 306 g/mol. The number of methoxy groups -OCH3 is 2. The van der Waals surface area contributed by atoms with Gasteiger partial charge in [0.05, 0.1) is 17.8 Å². The molecule has 0 aliphatic rings. The molecule has 0 saturated carbocycles. The summed E-state index contributed by atoms with van der Waals surface area (Å²) in [5, 5.41) is 6.68. The molecule has 114 valence electrons. The van der Waals surface area contributed by atoms with E-state index < -0.39 is 0 Å². The van der Waals surface area contributed by atoms with E-state index in [0.29, 0.717) is 0 Å². The number of hydrogen-bond acceptors (Lipinski definition) is 5. The molecule has 0 fully saturated rings. The third kappa shape index (κ3) is 5.12. The van der Waals surface area contributed by atoms with Crippen LogP contribution >= 0.6 is 11.3 Å². The fourth-order valence-electron chi connectivity index (χ4n) is 1.98. The summed E-state index contributed by atoms with van der Waals surface area (Å²) in [4.78, 5) is 4.68. The zero-order valence-corrected chi connectivity index (χ0v) is 13.4. The first kappa shape index (κ1) is 15.9. The van der Waals surface area contributed by atoms with Crippen molar-refractivity contribution in [2.75, 3.05) is 33.9 Å². The van der Waals surface area contributed by atoms with Gasteiger partial charge in [-0.3, -0.25) is 0 Å². The largest absolute Gasteiger partial charge is 0.497 e. The van der Waals surface area contributed by atoms with Crippen molar-refractivity contribution in [1.82, 2.24) is 10.3 Å². The normalized spacial score (nSPS) is 10.8. The van der Waals surface area contributed by atoms with Gasteiger partial charge in [-0.2, -0.15) is 0 Å². The second kappa shape index (κ2) is 8.77. The van der Waals surface area contributed by atoms with Gasteiger partial charge in [-0.05, 0) is 37.2 Å². The van der Waals surface area contributed by atoms with Gasteiger partial charge in [-0.1, -0.05) is 0 Å². The maximum atomic E-state index is 5.17. The molecule has 21 heavy (non-hydrogen) atoms. The van der Waals surface area contributed by atoms with E-state index in [9.17, 15) is 0 Å². The molecule has 1 N–H and O–H groups in total. The summed E-state index contributed by atoms with van der Waals surface area (Å²) in [6, 6.07) is 8.01. The van der Waals surface area contributed by atoms with Gasteiger partial charge in [0.15, 0.2) is 0 Å². The summed E-state index contributed by atoms with van der Waals surface area (Å²) in [6.45, 7) is 2.76. The molecular weight excluding hydrogens is 284 g/mol. The molecule has 1 aromatic heterocycles. The van der Waals surface area contributed by atoms with Crippen molar-refractivity contribution < 1.29 is 9.47 Å². The Bertz CT molecular complexity index is 525. The molecule has 0 bridgehead atoms. The topological polar surface area (TPSA) is 43.4 Å². The molecule has 4 nitrogen and oxygen atoms in total. The monoisotopic (exact) mass is 306 g/mol. The number of benzene rings is 1. The Balaban J connectivity index is 1.80. The fraction of sp³-hybridized carbons (Fsp3) is 0.438. The predicted molar refractivity (Wildman–Crippen MR) is 87.2 cm³/mol. The first-order chi connectivity index (χ1) is 10.3. The molecule has 0 unspecified atom stereocenters. The lowest BCUT2D eigenvalue weighted by Gasteiger charge is -2.02. The van der Waals surface area contributed by atoms with Crippen LogP contribution in [0.3, 0.4) is 0 Å². The van der Waals surface area contributed by atoms with Gasteiger partial charge in [0.2, 0.25) is 0 Å². The Kier molecular flexibility index (Phi) is 6.66. The van der Waals surface area contributed by atoms with Crippen molar-refractivity contribution in [3.05, 3.63) is 34.7 Å². The number of ether oxygens (including phenoxy) is 2. The molecular formula is C16H22N2O2S. The maximum absolute atomic E-state index is 5.17. The van der Waals surface area contributed by atoms with Gasteiger partial charge in [0, 0.05) is 37.6 Å². The van der Waals surface area contributed by atoms with Crippen LogP contribution in [-0.2, 0) is 11.2 Å². The zero-order chi connectivity index (χ0) is 14.9. The van der Waals surface area contributed by atoms with Crippen molar-refractivity contribution in [2.45, 2.75) is 12.8 Å². The Hall–Kier alpha value is -1.43. The van der Waals surface area contributed by atoms with E-state index in [1.807, 2.05) is 24.3 Å². The second-order valence-electron chi connectivity index (χ2n) is 4.70. The molecule has 0 radical (unpaired) electrons. The van der Waals surface area contributed by atoms with Gasteiger partial charge in [0.1, 0.15) is 5.75 Å². The van der Waals surface area contributed by atoms with Gasteiger partial charge in [0.25, 0.3) is 0 Å². The standard InChI is InChI=1S/C16H22N2O2S/c1-19-11-3-9-17-10-8-16-18-15(12-21-16)13-4-6-14(20-2)7-5-13/h4-7,12,17H,3,8-11H2,1-2H3. The summed E-state index contributed by atoms with van der Waals surface area (Å²) in [5.74, 6) is 0.870. The van der Waals surface area contributed by atoms with Crippen molar-refractivity contribution >= 4 is 11.3 Å². The Morgan fingerprint density at radius 1 is 1.14 bits per heavy atom. The number of nitrogens with zero attached hydrogens (tertiary/aromatic N) is 1. The molecule has 0 amide bonds. The molecule has 5 heteroatoms. The van der Waals surface area contributed by atoms with Crippen LogP contribution in [0, 0.1) is 0 Å². The highest BCUT2D eigenvalue weighted by atomic mass is 32.1. The predicted octanol–water partition coefficient (Wildman–Crippen LogP) is 2.99. The molecule has 0 saturated heterocycles. The number of rotatable bonds is 9. The second-order valence-corrected chi connectivity index (χ2v) is 5.64. The SMILES string of the molecule is COCCCNCCc1nc(-c2ccc(OC)cc2)cs1. The lowest BCUT2D eigenvalue weighted by atomic mass is 10.2. The summed E-state index contributed by atoms with van der Waals surface area (Å²) in [5.41, 5.74) is 2.17. The lowest BCUT2D eigenvalue weighted by Crippen LogP contribution is -2.19. The Morgan fingerprint density at radius 2 is 1.95 bits per heavy atom. The quantitative estimate of drug-likeness (QED) is 0.723. The van der Waals surface area contributed by atoms with Crippen LogP contribution in [0.25, 0.3) is 11.3 Å². The minimum absolute atomic E-state index is 0.811. The molecule has 0 aliphatic carbocycles. The lowest BCUT2D eigenvalue weighted by molar-refractivity contribution is 0.194. The van der Waals surface area contributed by atoms with Crippen LogP contribution in [-0.4, -0.2) is 38.9 Å². The van der Waals surface area contributed by atoms with E-state index >= 15 is 0 Å². The average Bonchev–Trinajstić information content (AvgIpc) is 3.00. The van der Waals surface area contributed by atoms with Crippen LogP contribution in [0.15, 0.2) is 29.6 Å². The molecule has 1 aromatic carbocycles. The van der Waals surface area contributed by atoms with Crippen LogP contribution in [0.2, 0.25) is 0 Å². The van der Waals surface area contributed by atoms with E-state index in [4.69, 9.17) is 9.47 Å². The van der Waals surface area contributed by atoms with Gasteiger partial charge in [-0.25, -0.2) is 4.98 Å². The van der Waals surface area contributed by atoms with E-state index in [-0.39, 0.29) is 0 Å². The van der Waals surface area contributed by atoms with E-state index in [2.05, 4.69) is 15.7 Å². The Labute approximate surface area is 130 Å². The molecule has 0 spiro atoms. The third-order valence-electron chi connectivity index (χ3n) is 3.16. The van der Waals surface area contributed by atoms with Crippen molar-refractivity contribution in [2.24, 2.45) is 0 Å². The number of nitrogens with one attached hydrogen (secondary N) is 1. The summed E-state index contributed by atoms with van der Waals surface area (Å²) < 4.78 is 10.2. The van der Waals surface area contributed by atoms with Crippen molar-refractivity contribution in [1.29, 1.82) is 0 Å². The summed E-state index contributed by atoms with van der Waals surface area (Å²) in [6.07, 6.45) is 2.01. The number of aromatic nitrogens is 1. The highest BCUT2D eigenvalue weighted by Crippen LogP contribution is 2.24. The van der Waals surface area contributed by atoms with Gasteiger partial charge >= 0.3 is 0 Å². The minimum atomic E-state index is 0.811. The molecule has 1 heterocycles. The molecule has 2 rings (SSSR count). The van der Waals surface area contributed by atoms with Gasteiger partial charge in [-0.15, -0.1) is 11.3 Å². The third-order valence-corrected chi connectivity index (χ3v) is 4.06. The van der Waals surface area contributed by atoms with E-state index in [1.165, 1.54) is 5.01 Å². The van der Waals surface area contributed by atoms with Crippen LogP contribution in [0.4, 0.5) is 0 Å². The summed E-state index contributed by atoms with van der Waals surface area (Å²) >= 11 is 1.72. The highest BCUT2D eigenvalue weighted by molar-refractivity contribution is 7.09. The Morgan fingerprint density at radius 3 is 2.67 bits per heavy atom. The van der Waals surface area contributed by atoms with Gasteiger partial charge < -0.3 is 14.8 Å². The number of thiazole rings is 1. The first-order valence-corrected chi connectivity index (χ1v) is 8.00. The molecule has 0 atom stereocenters. The zero-order valence-electron chi connectivity index (χ0n) is 12.6. The first-order valence-electron chi connectivity index (χ1n) is 7.12. The highest BCUT2D eigenvalue weighted by Gasteiger charge is 2.04. The summed E-state index contributed by atoms with van der Waals surface area (Å²) in [7, 11) is 3.41. The van der Waals surface area contributed by atoms with Crippen LogP contribution in [0.5, 0.6) is 5.75 Å². The van der Waals surface area contributed by atoms with Crippen LogP contribution in [0.1, 0.15) is 11.4 Å². The van der Waals surface area contributed by atoms with Crippen LogP contribution < -0.4 is 10.1 Å². The minimum Gasteiger partial charge on any atom is -0.497 e. The maximum Gasteiger partial charge on any atom is 0.118 e. The smallest absolute Gasteiger partial charge is 0.118 e. The molecule has 2 aromatic rings. The number of hydrogen-bond donors (Lipinski definition) is 1. The van der Waals surface area contributed by atoms with E-state index in [0.717, 1.165) is 49.5 Å². The fourth-order valence-corrected chi connectivity index (χ4v) is 2.79. The molecule has 0 aliphatic heterocycles. The van der Waals surface area contributed by atoms with Crippen molar-refractivity contribution in [3.8, 4) is 17.0 Å². The van der Waals surface area contributed by atoms with Crippen molar-refractivity contribution in [3.63, 3.8) is 0 Å². The van der Waals surface area contributed by atoms with E-state index in [1.54, 1.807) is 25.6 Å².